The van der Waals surface area contributed by atoms with E-state index < -0.39 is 0 Å². The van der Waals surface area contributed by atoms with Crippen molar-refractivity contribution in [2.45, 2.75) is 32.2 Å². The summed E-state index contributed by atoms with van der Waals surface area (Å²) in [5, 5.41) is 0. The van der Waals surface area contributed by atoms with Crippen LogP contribution in [-0.2, 0) is 0 Å². The summed E-state index contributed by atoms with van der Waals surface area (Å²) in [6.45, 7) is 4.55. The third-order valence-corrected chi connectivity index (χ3v) is 3.48. The van der Waals surface area contributed by atoms with E-state index >= 15 is 0 Å². The van der Waals surface area contributed by atoms with Gasteiger partial charge in [0, 0.05) is 6.04 Å². The quantitative estimate of drug-likeness (QED) is 0.760. The molecule has 0 spiro atoms. The lowest BCUT2D eigenvalue weighted by Gasteiger charge is -2.45. The maximum atomic E-state index is 6.05. The maximum Gasteiger partial charge on any atom is 0.00813 e. The monoisotopic (exact) mass is 189 g/mol. The van der Waals surface area contributed by atoms with Gasteiger partial charge in [-0.05, 0) is 29.7 Å². The molecule has 1 aromatic carbocycles. The van der Waals surface area contributed by atoms with Gasteiger partial charge in [-0.2, -0.15) is 0 Å². The van der Waals surface area contributed by atoms with Crippen LogP contribution in [0.1, 0.15) is 31.7 Å². The van der Waals surface area contributed by atoms with Crippen LogP contribution in [0.25, 0.3) is 0 Å². The Bertz CT molecular complexity index is 287. The predicted molar refractivity (Wildman–Crippen MR) is 60.1 cm³/mol. The zero-order valence-corrected chi connectivity index (χ0v) is 8.98. The largest absolute Gasteiger partial charge is 0.327 e. The minimum absolute atomic E-state index is 0.417. The summed E-state index contributed by atoms with van der Waals surface area (Å²) in [4.78, 5) is 0. The standard InChI is InChI=1S/C13H19N/c1-9(2)13-11(8-12(13)14)10-6-4-3-5-7-10/h3-7,9,11-13H,8,14H2,1-2H3. The molecule has 2 N–H and O–H groups in total. The average molecular weight is 189 g/mol. The third kappa shape index (κ3) is 1.57. The van der Waals surface area contributed by atoms with Gasteiger partial charge >= 0.3 is 0 Å². The topological polar surface area (TPSA) is 26.0 Å². The normalized spacial score (nSPS) is 31.6. The fraction of sp³-hybridized carbons (Fsp3) is 0.538. The van der Waals surface area contributed by atoms with Crippen LogP contribution in [0.4, 0.5) is 0 Å². The van der Waals surface area contributed by atoms with Gasteiger partial charge in [-0.1, -0.05) is 44.2 Å². The highest BCUT2D eigenvalue weighted by atomic mass is 14.7. The zero-order valence-electron chi connectivity index (χ0n) is 8.98. The van der Waals surface area contributed by atoms with E-state index in [0.29, 0.717) is 23.8 Å². The van der Waals surface area contributed by atoms with E-state index in [1.165, 1.54) is 5.56 Å². The van der Waals surface area contributed by atoms with E-state index in [1.807, 2.05) is 0 Å². The lowest BCUT2D eigenvalue weighted by molar-refractivity contribution is 0.147. The highest BCUT2D eigenvalue weighted by Crippen LogP contribution is 2.45. The molecular formula is C13H19N. The van der Waals surface area contributed by atoms with Crippen molar-refractivity contribution in [2.24, 2.45) is 17.6 Å². The molecule has 1 saturated carbocycles. The first-order valence-corrected chi connectivity index (χ1v) is 5.50. The summed E-state index contributed by atoms with van der Waals surface area (Å²) in [5.74, 6) is 2.08. The number of nitrogens with two attached hydrogens (primary N) is 1. The molecule has 0 saturated heterocycles. The Morgan fingerprint density at radius 3 is 2.36 bits per heavy atom. The van der Waals surface area contributed by atoms with Crippen molar-refractivity contribution in [2.75, 3.05) is 0 Å². The molecule has 1 aliphatic rings. The SMILES string of the molecule is CC(C)C1C(N)CC1c1ccccc1. The molecule has 2 rings (SSSR count). The second-order valence-electron chi connectivity index (χ2n) is 4.74. The van der Waals surface area contributed by atoms with Crippen molar-refractivity contribution in [3.63, 3.8) is 0 Å². The molecule has 0 radical (unpaired) electrons. The Kier molecular flexibility index (Phi) is 2.60. The highest BCUT2D eigenvalue weighted by Gasteiger charge is 2.40. The summed E-state index contributed by atoms with van der Waals surface area (Å²) in [6, 6.07) is 11.2. The van der Waals surface area contributed by atoms with E-state index in [1.54, 1.807) is 0 Å². The maximum absolute atomic E-state index is 6.05. The summed E-state index contributed by atoms with van der Waals surface area (Å²) in [7, 11) is 0. The first-order valence-electron chi connectivity index (χ1n) is 5.50. The summed E-state index contributed by atoms with van der Waals surface area (Å²) < 4.78 is 0. The van der Waals surface area contributed by atoms with Gasteiger partial charge in [0.25, 0.3) is 0 Å². The van der Waals surface area contributed by atoms with Gasteiger partial charge in [-0.3, -0.25) is 0 Å². The molecule has 3 unspecified atom stereocenters. The molecule has 0 amide bonds. The Labute approximate surface area is 86.3 Å². The van der Waals surface area contributed by atoms with Crippen molar-refractivity contribution in [3.8, 4) is 0 Å². The summed E-state index contributed by atoms with van der Waals surface area (Å²) >= 11 is 0. The Balaban J connectivity index is 2.14. The molecule has 1 fully saturated rings. The summed E-state index contributed by atoms with van der Waals surface area (Å²) in [6.07, 6.45) is 1.16. The van der Waals surface area contributed by atoms with Gasteiger partial charge in [-0.15, -0.1) is 0 Å². The minimum atomic E-state index is 0.417. The number of rotatable bonds is 2. The first kappa shape index (κ1) is 9.72. The molecular weight excluding hydrogens is 170 g/mol. The van der Waals surface area contributed by atoms with E-state index in [9.17, 15) is 0 Å². The van der Waals surface area contributed by atoms with Crippen molar-refractivity contribution >= 4 is 0 Å². The highest BCUT2D eigenvalue weighted by molar-refractivity contribution is 5.24. The van der Waals surface area contributed by atoms with Crippen LogP contribution in [0.15, 0.2) is 30.3 Å². The van der Waals surface area contributed by atoms with Crippen LogP contribution in [0.2, 0.25) is 0 Å². The lowest BCUT2D eigenvalue weighted by atomic mass is 9.62. The second-order valence-corrected chi connectivity index (χ2v) is 4.74. The number of hydrogen-bond donors (Lipinski definition) is 1. The minimum Gasteiger partial charge on any atom is -0.327 e. The molecule has 76 valence electrons. The molecule has 0 aromatic heterocycles. The molecule has 3 atom stereocenters. The molecule has 1 nitrogen and oxygen atoms in total. The van der Waals surface area contributed by atoms with Crippen LogP contribution in [-0.4, -0.2) is 6.04 Å². The van der Waals surface area contributed by atoms with Crippen LogP contribution in [0.5, 0.6) is 0 Å². The Morgan fingerprint density at radius 2 is 1.86 bits per heavy atom. The van der Waals surface area contributed by atoms with Gasteiger partial charge in [0.15, 0.2) is 0 Å². The molecule has 1 heteroatoms. The molecule has 14 heavy (non-hydrogen) atoms. The van der Waals surface area contributed by atoms with Gasteiger partial charge in [0.05, 0.1) is 0 Å². The predicted octanol–water partition coefficient (Wildman–Crippen LogP) is 2.77. The van der Waals surface area contributed by atoms with E-state index in [4.69, 9.17) is 5.73 Å². The third-order valence-electron chi connectivity index (χ3n) is 3.48. The first-order chi connectivity index (χ1) is 6.70. The molecule has 0 heterocycles. The Hall–Kier alpha value is -0.820. The average Bonchev–Trinajstić information content (AvgIpc) is 2.14. The molecule has 1 aromatic rings. The molecule has 0 bridgehead atoms. The fourth-order valence-electron chi connectivity index (χ4n) is 2.73. The van der Waals surface area contributed by atoms with Crippen LogP contribution >= 0.6 is 0 Å². The van der Waals surface area contributed by atoms with Gasteiger partial charge < -0.3 is 5.73 Å². The van der Waals surface area contributed by atoms with Crippen molar-refractivity contribution < 1.29 is 0 Å². The second kappa shape index (κ2) is 3.74. The number of hydrogen-bond acceptors (Lipinski definition) is 1. The van der Waals surface area contributed by atoms with E-state index in [2.05, 4.69) is 44.2 Å². The van der Waals surface area contributed by atoms with Crippen molar-refractivity contribution in [1.29, 1.82) is 0 Å². The smallest absolute Gasteiger partial charge is 0.00813 e. The van der Waals surface area contributed by atoms with E-state index in [0.717, 1.165) is 6.42 Å². The van der Waals surface area contributed by atoms with Gasteiger partial charge in [0.2, 0.25) is 0 Å². The van der Waals surface area contributed by atoms with Crippen LogP contribution in [0, 0.1) is 11.8 Å². The summed E-state index contributed by atoms with van der Waals surface area (Å²) in [5.41, 5.74) is 7.52. The lowest BCUT2D eigenvalue weighted by Crippen LogP contribution is -2.48. The molecule has 0 aliphatic heterocycles. The zero-order chi connectivity index (χ0) is 10.1. The van der Waals surface area contributed by atoms with Gasteiger partial charge in [0.1, 0.15) is 0 Å². The van der Waals surface area contributed by atoms with Crippen LogP contribution < -0.4 is 5.73 Å². The molecule has 1 aliphatic carbocycles. The van der Waals surface area contributed by atoms with Crippen molar-refractivity contribution in [1.82, 2.24) is 0 Å². The number of benzene rings is 1. The van der Waals surface area contributed by atoms with E-state index in [-0.39, 0.29) is 0 Å². The van der Waals surface area contributed by atoms with Gasteiger partial charge in [-0.25, -0.2) is 0 Å². The van der Waals surface area contributed by atoms with Crippen LogP contribution in [0.3, 0.4) is 0 Å². The van der Waals surface area contributed by atoms with Crippen molar-refractivity contribution in [3.05, 3.63) is 35.9 Å². The fourth-order valence-corrected chi connectivity index (χ4v) is 2.73. The Morgan fingerprint density at radius 1 is 1.21 bits per heavy atom.